The van der Waals surface area contributed by atoms with Crippen molar-refractivity contribution >= 4 is 12.0 Å². The lowest BCUT2D eigenvalue weighted by atomic mass is 10.3. The van der Waals surface area contributed by atoms with Crippen molar-refractivity contribution in [3.63, 3.8) is 0 Å². The van der Waals surface area contributed by atoms with Gasteiger partial charge in [0.25, 0.3) is 0 Å². The topological polar surface area (TPSA) is 92.0 Å². The van der Waals surface area contributed by atoms with Gasteiger partial charge < -0.3 is 24.5 Å². The first-order valence-corrected chi connectivity index (χ1v) is 5.99. The molecule has 1 aliphatic rings. The number of ether oxygens (including phenoxy) is 1. The molecule has 1 aromatic rings. The van der Waals surface area contributed by atoms with E-state index in [1.165, 1.54) is 4.90 Å². The molecule has 1 saturated heterocycles. The standard InChI is InChI=1S/C12H16N2O5/c1-8-2-3-9(19-8)6-13-12(17)14-4-5-18-10(7-14)11(15)16/h2-3,10H,4-7H2,1H3,(H,13,17)(H,15,16). The number of carbonyl (C=O) groups excluding carboxylic acids is 1. The van der Waals surface area contributed by atoms with Crippen molar-refractivity contribution in [2.45, 2.75) is 19.6 Å². The second-order valence-corrected chi connectivity index (χ2v) is 4.31. The summed E-state index contributed by atoms with van der Waals surface area (Å²) in [5.74, 6) is 0.384. The average molecular weight is 268 g/mol. The van der Waals surface area contributed by atoms with E-state index in [-0.39, 0.29) is 25.7 Å². The van der Waals surface area contributed by atoms with Crippen molar-refractivity contribution < 1.29 is 23.8 Å². The molecule has 104 valence electrons. The van der Waals surface area contributed by atoms with Crippen molar-refractivity contribution in [2.75, 3.05) is 19.7 Å². The fourth-order valence-electron chi connectivity index (χ4n) is 1.84. The highest BCUT2D eigenvalue weighted by atomic mass is 16.5. The van der Waals surface area contributed by atoms with Crippen molar-refractivity contribution in [1.29, 1.82) is 0 Å². The summed E-state index contributed by atoms with van der Waals surface area (Å²) in [6, 6.07) is 3.29. The van der Waals surface area contributed by atoms with Crippen LogP contribution in [0.1, 0.15) is 11.5 Å². The monoisotopic (exact) mass is 268 g/mol. The molecule has 2 amide bonds. The molecular weight excluding hydrogens is 252 g/mol. The zero-order valence-corrected chi connectivity index (χ0v) is 10.6. The third kappa shape index (κ3) is 3.47. The van der Waals surface area contributed by atoms with E-state index in [1.807, 2.05) is 13.0 Å². The van der Waals surface area contributed by atoms with Gasteiger partial charge in [0.05, 0.1) is 19.7 Å². The quantitative estimate of drug-likeness (QED) is 0.836. The van der Waals surface area contributed by atoms with E-state index in [0.29, 0.717) is 12.3 Å². The minimum atomic E-state index is -1.06. The summed E-state index contributed by atoms with van der Waals surface area (Å²) in [4.78, 5) is 24.1. The lowest BCUT2D eigenvalue weighted by Crippen LogP contribution is -2.51. The molecule has 7 nitrogen and oxygen atoms in total. The molecule has 1 aromatic heterocycles. The summed E-state index contributed by atoms with van der Waals surface area (Å²) < 4.78 is 10.4. The molecule has 1 fully saturated rings. The Bertz CT molecular complexity index is 470. The summed E-state index contributed by atoms with van der Waals surface area (Å²) in [7, 11) is 0. The van der Waals surface area contributed by atoms with Crippen LogP contribution in [-0.4, -0.2) is 47.8 Å². The molecule has 1 atom stereocenters. The van der Waals surface area contributed by atoms with Gasteiger partial charge in [-0.3, -0.25) is 0 Å². The predicted octanol–water partition coefficient (Wildman–Crippen LogP) is 0.583. The summed E-state index contributed by atoms with van der Waals surface area (Å²) >= 11 is 0. The number of hydrogen-bond donors (Lipinski definition) is 2. The van der Waals surface area contributed by atoms with E-state index in [2.05, 4.69) is 5.32 Å². The van der Waals surface area contributed by atoms with Gasteiger partial charge in [-0.05, 0) is 19.1 Å². The normalized spacial score (nSPS) is 19.2. The van der Waals surface area contributed by atoms with Crippen LogP contribution >= 0.6 is 0 Å². The highest BCUT2D eigenvalue weighted by molar-refractivity contribution is 5.77. The van der Waals surface area contributed by atoms with Crippen LogP contribution in [0.2, 0.25) is 0 Å². The molecule has 0 radical (unpaired) electrons. The van der Waals surface area contributed by atoms with Crippen LogP contribution in [0, 0.1) is 6.92 Å². The molecule has 0 aromatic carbocycles. The number of nitrogens with zero attached hydrogens (tertiary/aromatic N) is 1. The molecule has 0 aliphatic carbocycles. The average Bonchev–Trinajstić information content (AvgIpc) is 2.82. The molecule has 0 bridgehead atoms. The second kappa shape index (κ2) is 5.75. The lowest BCUT2D eigenvalue weighted by Gasteiger charge is -2.30. The van der Waals surface area contributed by atoms with Crippen molar-refractivity contribution in [3.8, 4) is 0 Å². The van der Waals surface area contributed by atoms with Gasteiger partial charge in [0, 0.05) is 6.54 Å². The van der Waals surface area contributed by atoms with Gasteiger partial charge in [-0.25, -0.2) is 9.59 Å². The maximum atomic E-state index is 11.9. The zero-order chi connectivity index (χ0) is 13.8. The van der Waals surface area contributed by atoms with Gasteiger partial charge in [-0.1, -0.05) is 0 Å². The van der Waals surface area contributed by atoms with E-state index >= 15 is 0 Å². The van der Waals surface area contributed by atoms with E-state index in [4.69, 9.17) is 14.3 Å². The summed E-state index contributed by atoms with van der Waals surface area (Å²) in [5.41, 5.74) is 0. The third-order valence-electron chi connectivity index (χ3n) is 2.84. The molecule has 2 N–H and O–H groups in total. The van der Waals surface area contributed by atoms with Crippen LogP contribution in [0.25, 0.3) is 0 Å². The predicted molar refractivity (Wildman–Crippen MR) is 64.6 cm³/mol. The maximum Gasteiger partial charge on any atom is 0.334 e. The Morgan fingerprint density at radius 3 is 2.95 bits per heavy atom. The molecule has 2 rings (SSSR count). The number of carboxylic acid groups (broad SMARTS) is 1. The molecule has 1 aliphatic heterocycles. The number of nitrogens with one attached hydrogen (secondary N) is 1. The number of rotatable bonds is 3. The molecule has 19 heavy (non-hydrogen) atoms. The first-order chi connectivity index (χ1) is 9.06. The Hall–Kier alpha value is -2.02. The number of aliphatic carboxylic acids is 1. The first kappa shape index (κ1) is 13.4. The fraction of sp³-hybridized carbons (Fsp3) is 0.500. The van der Waals surface area contributed by atoms with Gasteiger partial charge >= 0.3 is 12.0 Å². The molecular formula is C12H16N2O5. The summed E-state index contributed by atoms with van der Waals surface area (Å²) in [6.07, 6.45) is -0.953. The van der Waals surface area contributed by atoms with Crippen LogP contribution in [0.5, 0.6) is 0 Å². The number of carboxylic acids is 1. The largest absolute Gasteiger partial charge is 0.479 e. The van der Waals surface area contributed by atoms with E-state index in [9.17, 15) is 9.59 Å². The molecule has 0 saturated carbocycles. The number of carbonyl (C=O) groups is 2. The third-order valence-corrected chi connectivity index (χ3v) is 2.84. The minimum absolute atomic E-state index is 0.0539. The van der Waals surface area contributed by atoms with Crippen LogP contribution < -0.4 is 5.32 Å². The Morgan fingerprint density at radius 1 is 1.53 bits per heavy atom. The highest BCUT2D eigenvalue weighted by Gasteiger charge is 2.28. The fourth-order valence-corrected chi connectivity index (χ4v) is 1.84. The zero-order valence-electron chi connectivity index (χ0n) is 10.6. The second-order valence-electron chi connectivity index (χ2n) is 4.31. The Morgan fingerprint density at radius 2 is 2.32 bits per heavy atom. The van der Waals surface area contributed by atoms with Crippen LogP contribution in [-0.2, 0) is 16.1 Å². The van der Waals surface area contributed by atoms with Gasteiger partial charge in [-0.2, -0.15) is 0 Å². The maximum absolute atomic E-state index is 11.9. The number of aryl methyl sites for hydroxylation is 1. The first-order valence-electron chi connectivity index (χ1n) is 5.99. The summed E-state index contributed by atoms with van der Waals surface area (Å²) in [5, 5.41) is 11.5. The SMILES string of the molecule is Cc1ccc(CNC(=O)N2CCOC(C(=O)O)C2)o1. The van der Waals surface area contributed by atoms with Gasteiger partial charge in [0.1, 0.15) is 11.5 Å². The number of hydrogen-bond acceptors (Lipinski definition) is 4. The summed E-state index contributed by atoms with van der Waals surface area (Å²) in [6.45, 7) is 2.77. The lowest BCUT2D eigenvalue weighted by molar-refractivity contribution is -0.154. The minimum Gasteiger partial charge on any atom is -0.479 e. The van der Waals surface area contributed by atoms with Gasteiger partial charge in [0.2, 0.25) is 0 Å². The van der Waals surface area contributed by atoms with Crippen LogP contribution in [0.15, 0.2) is 16.5 Å². The van der Waals surface area contributed by atoms with Gasteiger partial charge in [-0.15, -0.1) is 0 Å². The highest BCUT2D eigenvalue weighted by Crippen LogP contribution is 2.08. The van der Waals surface area contributed by atoms with Crippen LogP contribution in [0.4, 0.5) is 4.79 Å². The number of furan rings is 1. The van der Waals surface area contributed by atoms with Crippen molar-refractivity contribution in [1.82, 2.24) is 10.2 Å². The van der Waals surface area contributed by atoms with Crippen molar-refractivity contribution in [2.24, 2.45) is 0 Å². The smallest absolute Gasteiger partial charge is 0.334 e. The molecule has 1 unspecified atom stereocenters. The Balaban J connectivity index is 1.84. The van der Waals surface area contributed by atoms with Crippen molar-refractivity contribution in [3.05, 3.63) is 23.7 Å². The van der Waals surface area contributed by atoms with E-state index in [0.717, 1.165) is 5.76 Å². The number of urea groups is 1. The Labute approximate surface area is 110 Å². The van der Waals surface area contributed by atoms with Crippen LogP contribution in [0.3, 0.4) is 0 Å². The van der Waals surface area contributed by atoms with E-state index in [1.54, 1.807) is 6.07 Å². The number of amides is 2. The van der Waals surface area contributed by atoms with Gasteiger partial charge in [0.15, 0.2) is 6.10 Å². The molecule has 7 heteroatoms. The number of morpholine rings is 1. The van der Waals surface area contributed by atoms with E-state index < -0.39 is 12.1 Å². The Kier molecular flexibility index (Phi) is 4.06. The molecule has 2 heterocycles. The molecule has 0 spiro atoms.